The number of likely N-dealkylation sites (N-methyl/N-ethyl adjacent to an activating group) is 1. The molecule has 0 aliphatic rings. The van der Waals surface area contributed by atoms with Crippen molar-refractivity contribution in [1.82, 2.24) is 14.9 Å². The molecule has 0 radical (unpaired) electrons. The molecule has 2 aromatic rings. The molecule has 106 valence electrons. The van der Waals surface area contributed by atoms with Crippen molar-refractivity contribution in [2.45, 2.75) is 12.6 Å². The molecule has 2 rings (SSSR count). The summed E-state index contributed by atoms with van der Waals surface area (Å²) in [6, 6.07) is 8.01. The Morgan fingerprint density at radius 2 is 2.00 bits per heavy atom. The topological polar surface area (TPSA) is 64.3 Å². The highest BCUT2D eigenvalue weighted by molar-refractivity contribution is 5.21. The number of pyridine rings is 2. The van der Waals surface area contributed by atoms with E-state index in [-0.39, 0.29) is 6.04 Å². The summed E-state index contributed by atoms with van der Waals surface area (Å²) < 4.78 is 5.08. The van der Waals surface area contributed by atoms with Crippen molar-refractivity contribution in [2.75, 3.05) is 20.7 Å². The second-order valence-electron chi connectivity index (χ2n) is 4.66. The molecule has 0 aliphatic carbocycles. The van der Waals surface area contributed by atoms with Crippen molar-refractivity contribution in [2.24, 2.45) is 5.73 Å². The van der Waals surface area contributed by atoms with Crippen molar-refractivity contribution in [3.8, 4) is 5.88 Å². The molecule has 2 N–H and O–H groups in total. The van der Waals surface area contributed by atoms with E-state index in [4.69, 9.17) is 10.5 Å². The van der Waals surface area contributed by atoms with Crippen LogP contribution >= 0.6 is 0 Å². The summed E-state index contributed by atoms with van der Waals surface area (Å²) in [5.41, 5.74) is 8.22. The molecule has 2 heterocycles. The van der Waals surface area contributed by atoms with Crippen molar-refractivity contribution >= 4 is 0 Å². The molecule has 0 saturated carbocycles. The maximum atomic E-state index is 5.92. The van der Waals surface area contributed by atoms with Gasteiger partial charge in [0, 0.05) is 43.8 Å². The van der Waals surface area contributed by atoms with Gasteiger partial charge >= 0.3 is 0 Å². The lowest BCUT2D eigenvalue weighted by molar-refractivity contribution is 0.241. The minimum Gasteiger partial charge on any atom is -0.481 e. The Kier molecular flexibility index (Phi) is 5.03. The van der Waals surface area contributed by atoms with Gasteiger partial charge < -0.3 is 10.5 Å². The number of ether oxygens (including phenoxy) is 1. The van der Waals surface area contributed by atoms with Gasteiger partial charge in [-0.2, -0.15) is 0 Å². The van der Waals surface area contributed by atoms with Crippen LogP contribution in [0.1, 0.15) is 17.2 Å². The second-order valence-corrected chi connectivity index (χ2v) is 4.66. The van der Waals surface area contributed by atoms with Gasteiger partial charge in [-0.3, -0.25) is 9.88 Å². The number of nitrogens with two attached hydrogens (primary N) is 1. The first-order valence-electron chi connectivity index (χ1n) is 6.53. The van der Waals surface area contributed by atoms with Crippen LogP contribution in [0.15, 0.2) is 42.9 Å². The average molecular weight is 272 g/mol. The van der Waals surface area contributed by atoms with E-state index in [9.17, 15) is 0 Å². The zero-order chi connectivity index (χ0) is 14.4. The number of aromatic nitrogens is 2. The van der Waals surface area contributed by atoms with Crippen LogP contribution in [0.25, 0.3) is 0 Å². The lowest BCUT2D eigenvalue weighted by Gasteiger charge is -2.27. The Morgan fingerprint density at radius 3 is 2.55 bits per heavy atom. The third kappa shape index (κ3) is 3.53. The molecule has 0 fully saturated rings. The first-order chi connectivity index (χ1) is 9.74. The molecule has 0 spiro atoms. The van der Waals surface area contributed by atoms with Gasteiger partial charge in [0.05, 0.1) is 7.11 Å². The summed E-state index contributed by atoms with van der Waals surface area (Å²) in [5.74, 6) is 0.612. The van der Waals surface area contributed by atoms with Gasteiger partial charge in [0.2, 0.25) is 5.88 Å². The molecule has 2 aromatic heterocycles. The van der Waals surface area contributed by atoms with E-state index in [0.717, 1.165) is 12.1 Å². The average Bonchev–Trinajstić information content (AvgIpc) is 2.49. The fourth-order valence-electron chi connectivity index (χ4n) is 2.17. The van der Waals surface area contributed by atoms with E-state index in [1.165, 1.54) is 5.56 Å². The fraction of sp³-hybridized carbons (Fsp3) is 0.333. The third-order valence-electron chi connectivity index (χ3n) is 3.29. The lowest BCUT2D eigenvalue weighted by atomic mass is 10.1. The second kappa shape index (κ2) is 6.98. The summed E-state index contributed by atoms with van der Waals surface area (Å²) in [7, 11) is 3.67. The molecule has 5 nitrogen and oxygen atoms in total. The molecule has 0 amide bonds. The van der Waals surface area contributed by atoms with Crippen LogP contribution in [0, 0.1) is 0 Å². The van der Waals surface area contributed by atoms with Gasteiger partial charge in [0.1, 0.15) is 0 Å². The summed E-state index contributed by atoms with van der Waals surface area (Å²) in [6.45, 7) is 1.35. The predicted molar refractivity (Wildman–Crippen MR) is 78.3 cm³/mol. The van der Waals surface area contributed by atoms with Crippen LogP contribution in [-0.2, 0) is 6.54 Å². The van der Waals surface area contributed by atoms with Crippen LogP contribution in [0.3, 0.4) is 0 Å². The van der Waals surface area contributed by atoms with Gasteiger partial charge in [0.25, 0.3) is 0 Å². The van der Waals surface area contributed by atoms with E-state index < -0.39 is 0 Å². The van der Waals surface area contributed by atoms with Gasteiger partial charge in [-0.15, -0.1) is 0 Å². The van der Waals surface area contributed by atoms with Crippen LogP contribution in [0.4, 0.5) is 0 Å². The van der Waals surface area contributed by atoms with E-state index in [0.29, 0.717) is 12.4 Å². The molecule has 5 heteroatoms. The largest absolute Gasteiger partial charge is 0.481 e. The van der Waals surface area contributed by atoms with Crippen LogP contribution in [-0.4, -0.2) is 35.6 Å². The van der Waals surface area contributed by atoms with Crippen LogP contribution in [0.5, 0.6) is 5.88 Å². The monoisotopic (exact) mass is 272 g/mol. The van der Waals surface area contributed by atoms with Gasteiger partial charge in [-0.05, 0) is 30.3 Å². The zero-order valence-corrected chi connectivity index (χ0v) is 11.9. The molecule has 0 saturated heterocycles. The normalized spacial score (nSPS) is 12.4. The minimum atomic E-state index is 0.126. The summed E-state index contributed by atoms with van der Waals surface area (Å²) in [4.78, 5) is 10.5. The Morgan fingerprint density at radius 1 is 1.25 bits per heavy atom. The number of hydrogen-bond acceptors (Lipinski definition) is 5. The quantitative estimate of drug-likeness (QED) is 0.865. The third-order valence-corrected chi connectivity index (χ3v) is 3.29. The summed E-state index contributed by atoms with van der Waals surface area (Å²) in [6.07, 6.45) is 5.42. The smallest absolute Gasteiger partial charge is 0.212 e. The van der Waals surface area contributed by atoms with Crippen molar-refractivity contribution in [3.05, 3.63) is 54.0 Å². The molecule has 20 heavy (non-hydrogen) atoms. The molecule has 0 aliphatic heterocycles. The summed E-state index contributed by atoms with van der Waals surface area (Å²) >= 11 is 0. The highest BCUT2D eigenvalue weighted by Gasteiger charge is 2.16. The zero-order valence-electron chi connectivity index (χ0n) is 11.9. The van der Waals surface area contributed by atoms with Crippen molar-refractivity contribution < 1.29 is 4.74 Å². The number of hydrogen-bond donors (Lipinski definition) is 1. The molecule has 0 bridgehead atoms. The molecule has 1 atom stereocenters. The van der Waals surface area contributed by atoms with Gasteiger partial charge in [0.15, 0.2) is 0 Å². The maximum absolute atomic E-state index is 5.92. The number of nitrogens with zero attached hydrogens (tertiary/aromatic N) is 3. The first kappa shape index (κ1) is 14.4. The Hall–Kier alpha value is -1.98. The molecule has 1 unspecified atom stereocenters. The van der Waals surface area contributed by atoms with Gasteiger partial charge in [-0.1, -0.05) is 6.07 Å². The number of methoxy groups -OCH3 is 1. The highest BCUT2D eigenvalue weighted by atomic mass is 16.5. The molecule has 0 aromatic carbocycles. The van der Waals surface area contributed by atoms with Gasteiger partial charge in [-0.25, -0.2) is 4.98 Å². The Balaban J connectivity index is 2.10. The lowest BCUT2D eigenvalue weighted by Crippen LogP contribution is -2.30. The van der Waals surface area contributed by atoms with Crippen LogP contribution in [0.2, 0.25) is 0 Å². The first-order valence-corrected chi connectivity index (χ1v) is 6.53. The fourth-order valence-corrected chi connectivity index (χ4v) is 2.17. The standard InChI is InChI=1S/C15H20N4O/c1-19(11-12-5-7-17-8-6-12)14(9-16)13-3-4-15(20-2)18-10-13/h3-8,10,14H,9,11,16H2,1-2H3. The highest BCUT2D eigenvalue weighted by Crippen LogP contribution is 2.21. The molecular weight excluding hydrogens is 252 g/mol. The van der Waals surface area contributed by atoms with E-state index >= 15 is 0 Å². The predicted octanol–water partition coefficient (Wildman–Crippen LogP) is 1.62. The van der Waals surface area contributed by atoms with Crippen LogP contribution < -0.4 is 10.5 Å². The van der Waals surface area contributed by atoms with E-state index in [1.807, 2.05) is 30.5 Å². The molecular formula is C15H20N4O. The van der Waals surface area contributed by atoms with E-state index in [2.05, 4.69) is 21.9 Å². The maximum Gasteiger partial charge on any atom is 0.212 e. The minimum absolute atomic E-state index is 0.126. The van der Waals surface area contributed by atoms with Crippen molar-refractivity contribution in [3.63, 3.8) is 0 Å². The Labute approximate surface area is 119 Å². The summed E-state index contributed by atoms with van der Waals surface area (Å²) in [5, 5.41) is 0. The van der Waals surface area contributed by atoms with E-state index in [1.54, 1.807) is 19.5 Å². The SMILES string of the molecule is COc1ccc(C(CN)N(C)Cc2ccncc2)cn1. The number of rotatable bonds is 6. The van der Waals surface area contributed by atoms with Crippen molar-refractivity contribution in [1.29, 1.82) is 0 Å². The Bertz CT molecular complexity index is 515.